The summed E-state index contributed by atoms with van der Waals surface area (Å²) < 4.78 is 16.9. The number of aromatic nitrogens is 1. The highest BCUT2D eigenvalue weighted by atomic mass is 28.3. The lowest BCUT2D eigenvalue weighted by atomic mass is 10.0. The Morgan fingerprint density at radius 1 is 0.792 bits per heavy atom. The summed E-state index contributed by atoms with van der Waals surface area (Å²) in [6, 6.07) is 6.04. The van der Waals surface area contributed by atoms with E-state index >= 15 is 0 Å². The third-order valence-corrected chi connectivity index (χ3v) is 8.83. The van der Waals surface area contributed by atoms with E-state index in [0.29, 0.717) is 0 Å². The zero-order valence-electron chi connectivity index (χ0n) is 16.6. The van der Waals surface area contributed by atoms with Gasteiger partial charge in [0.2, 0.25) is 5.69 Å². The standard InChI is InChI=1S/C20H31FNSi2/c1-14-11-19(23(4,5)6)17(21)12-16(14)18-10-15(2)20(13-22(18)3)24(7,8)9/h10-13H,1-9H3/q+1. The molecule has 0 aliphatic heterocycles. The Morgan fingerprint density at radius 3 is 1.83 bits per heavy atom. The summed E-state index contributed by atoms with van der Waals surface area (Å²) in [5, 5.41) is 2.38. The van der Waals surface area contributed by atoms with Crippen LogP contribution in [-0.4, -0.2) is 16.1 Å². The molecule has 0 aliphatic rings. The van der Waals surface area contributed by atoms with Gasteiger partial charge in [0, 0.05) is 11.3 Å². The number of nitrogens with zero attached hydrogens (tertiary/aromatic N) is 1. The van der Waals surface area contributed by atoms with Crippen molar-refractivity contribution in [2.75, 3.05) is 0 Å². The fourth-order valence-corrected chi connectivity index (χ4v) is 6.61. The Balaban J connectivity index is 2.66. The first-order valence-electron chi connectivity index (χ1n) is 8.64. The summed E-state index contributed by atoms with van der Waals surface area (Å²) in [5.41, 5.74) is 4.57. The van der Waals surface area contributed by atoms with Crippen LogP contribution >= 0.6 is 0 Å². The van der Waals surface area contributed by atoms with Crippen LogP contribution in [0.5, 0.6) is 0 Å². The van der Waals surface area contributed by atoms with Crippen molar-refractivity contribution in [3.63, 3.8) is 0 Å². The summed E-state index contributed by atoms with van der Waals surface area (Å²) in [5.74, 6) is -0.0540. The Bertz CT molecular complexity index is 716. The molecule has 0 N–H and O–H groups in total. The molecule has 0 amide bonds. The second-order valence-electron chi connectivity index (χ2n) is 9.01. The summed E-state index contributed by atoms with van der Waals surface area (Å²) in [6.07, 6.45) is 2.25. The van der Waals surface area contributed by atoms with E-state index in [4.69, 9.17) is 0 Å². The van der Waals surface area contributed by atoms with Gasteiger partial charge in [0.15, 0.2) is 6.20 Å². The highest BCUT2D eigenvalue weighted by Crippen LogP contribution is 2.23. The van der Waals surface area contributed by atoms with Gasteiger partial charge < -0.3 is 0 Å². The number of benzene rings is 1. The summed E-state index contributed by atoms with van der Waals surface area (Å²) in [6.45, 7) is 17.9. The lowest BCUT2D eigenvalue weighted by Crippen LogP contribution is -2.46. The maximum Gasteiger partial charge on any atom is 0.212 e. The fourth-order valence-electron chi connectivity index (χ4n) is 3.33. The van der Waals surface area contributed by atoms with Crippen molar-refractivity contribution in [2.45, 2.75) is 53.1 Å². The monoisotopic (exact) mass is 360 g/mol. The average Bonchev–Trinajstić information content (AvgIpc) is 2.41. The second-order valence-corrected chi connectivity index (χ2v) is 19.1. The van der Waals surface area contributed by atoms with Crippen molar-refractivity contribution in [1.82, 2.24) is 0 Å². The van der Waals surface area contributed by atoms with E-state index in [1.54, 1.807) is 6.07 Å². The first-order chi connectivity index (χ1) is 10.8. The van der Waals surface area contributed by atoms with Crippen LogP contribution in [0.3, 0.4) is 0 Å². The van der Waals surface area contributed by atoms with E-state index in [9.17, 15) is 4.39 Å². The molecule has 1 heterocycles. The molecular formula is C20H31FNSi2+. The minimum atomic E-state index is -1.67. The SMILES string of the molecule is Cc1cc([Si](C)(C)C)c(F)cc1-c1cc(C)c([Si](C)(C)C)c[n+]1C. The maximum atomic E-state index is 14.7. The molecule has 0 aliphatic carbocycles. The van der Waals surface area contributed by atoms with Gasteiger partial charge in [0.1, 0.15) is 12.9 Å². The minimum absolute atomic E-state index is 0.0540. The molecule has 1 aromatic heterocycles. The molecule has 0 fully saturated rings. The van der Waals surface area contributed by atoms with Crippen molar-refractivity contribution in [3.8, 4) is 11.3 Å². The van der Waals surface area contributed by atoms with Gasteiger partial charge in [-0.3, -0.25) is 0 Å². The molecule has 24 heavy (non-hydrogen) atoms. The molecule has 0 atom stereocenters. The van der Waals surface area contributed by atoms with E-state index < -0.39 is 16.1 Å². The number of rotatable bonds is 3. The van der Waals surface area contributed by atoms with Gasteiger partial charge in [-0.25, -0.2) is 8.96 Å². The number of hydrogen-bond donors (Lipinski definition) is 0. The molecule has 0 saturated carbocycles. The van der Waals surface area contributed by atoms with Gasteiger partial charge in [-0.2, -0.15) is 0 Å². The molecule has 1 aromatic carbocycles. The molecule has 2 rings (SSSR count). The largest absolute Gasteiger partial charge is 0.212 e. The first-order valence-corrected chi connectivity index (χ1v) is 15.6. The highest BCUT2D eigenvalue weighted by Gasteiger charge is 2.27. The molecule has 0 saturated heterocycles. The van der Waals surface area contributed by atoms with E-state index in [1.807, 2.05) is 0 Å². The topological polar surface area (TPSA) is 3.88 Å². The zero-order valence-corrected chi connectivity index (χ0v) is 18.6. The van der Waals surface area contributed by atoms with Crippen molar-refractivity contribution >= 4 is 26.5 Å². The minimum Gasteiger partial charge on any atom is -0.207 e. The normalized spacial score (nSPS) is 12.6. The summed E-state index contributed by atoms with van der Waals surface area (Å²) >= 11 is 0. The van der Waals surface area contributed by atoms with E-state index in [2.05, 4.69) is 83.1 Å². The van der Waals surface area contributed by atoms with E-state index in [0.717, 1.165) is 22.0 Å². The van der Waals surface area contributed by atoms with Crippen molar-refractivity contribution < 1.29 is 8.96 Å². The van der Waals surface area contributed by atoms with Crippen LogP contribution in [0.2, 0.25) is 39.3 Å². The average molecular weight is 361 g/mol. The van der Waals surface area contributed by atoms with Crippen LogP contribution in [0.1, 0.15) is 11.1 Å². The lowest BCUT2D eigenvalue weighted by molar-refractivity contribution is -0.659. The maximum absolute atomic E-state index is 14.7. The predicted octanol–water partition coefficient (Wildman–Crippen LogP) is 4.02. The van der Waals surface area contributed by atoms with Gasteiger partial charge in [-0.15, -0.1) is 0 Å². The Kier molecular flexibility index (Phi) is 4.95. The van der Waals surface area contributed by atoms with Gasteiger partial charge in [-0.05, 0) is 36.2 Å². The molecule has 0 unspecified atom stereocenters. The molecule has 1 nitrogen and oxygen atoms in total. The smallest absolute Gasteiger partial charge is 0.207 e. The lowest BCUT2D eigenvalue weighted by Gasteiger charge is -2.20. The van der Waals surface area contributed by atoms with Crippen LogP contribution in [0.4, 0.5) is 4.39 Å². The molecule has 130 valence electrons. The van der Waals surface area contributed by atoms with Gasteiger partial charge in [-0.1, -0.05) is 45.3 Å². The van der Waals surface area contributed by atoms with Crippen LogP contribution in [0.25, 0.3) is 11.3 Å². The van der Waals surface area contributed by atoms with E-state index in [1.165, 1.54) is 10.8 Å². The number of hydrogen-bond acceptors (Lipinski definition) is 0. The fraction of sp³-hybridized carbons (Fsp3) is 0.450. The number of pyridine rings is 1. The van der Waals surface area contributed by atoms with Crippen LogP contribution in [0, 0.1) is 19.7 Å². The third-order valence-electron chi connectivity index (χ3n) is 4.69. The Hall–Kier alpha value is -1.27. The van der Waals surface area contributed by atoms with Crippen LogP contribution in [0.15, 0.2) is 24.4 Å². The molecule has 0 radical (unpaired) electrons. The van der Waals surface area contributed by atoms with Crippen molar-refractivity contribution in [1.29, 1.82) is 0 Å². The van der Waals surface area contributed by atoms with Gasteiger partial charge in [0.25, 0.3) is 0 Å². The van der Waals surface area contributed by atoms with Crippen molar-refractivity contribution in [2.24, 2.45) is 7.05 Å². The first kappa shape index (κ1) is 19.1. The van der Waals surface area contributed by atoms with Crippen LogP contribution in [-0.2, 0) is 7.05 Å². The zero-order chi connectivity index (χ0) is 18.4. The summed E-state index contributed by atoms with van der Waals surface area (Å²) in [7, 11) is -0.977. The quantitative estimate of drug-likeness (QED) is 0.575. The number of aryl methyl sites for hydroxylation is 3. The number of halogens is 1. The van der Waals surface area contributed by atoms with Gasteiger partial charge >= 0.3 is 0 Å². The summed E-state index contributed by atoms with van der Waals surface area (Å²) in [4.78, 5) is 0. The van der Waals surface area contributed by atoms with Crippen LogP contribution < -0.4 is 14.9 Å². The Morgan fingerprint density at radius 2 is 1.33 bits per heavy atom. The highest BCUT2D eigenvalue weighted by molar-refractivity contribution is 6.89. The van der Waals surface area contributed by atoms with E-state index in [-0.39, 0.29) is 5.82 Å². The second kappa shape index (κ2) is 6.23. The molecule has 0 spiro atoms. The molecular weight excluding hydrogens is 329 g/mol. The Labute approximate surface area is 148 Å². The molecule has 4 heteroatoms. The van der Waals surface area contributed by atoms with Crippen molar-refractivity contribution in [3.05, 3.63) is 41.3 Å². The predicted molar refractivity (Wildman–Crippen MR) is 108 cm³/mol. The molecule has 2 aromatic rings. The third kappa shape index (κ3) is 3.70. The van der Waals surface area contributed by atoms with Gasteiger partial charge in [0.05, 0.1) is 21.7 Å². The molecule has 0 bridgehead atoms.